The summed E-state index contributed by atoms with van der Waals surface area (Å²) in [6, 6.07) is -0.179. The van der Waals surface area contributed by atoms with Crippen molar-refractivity contribution in [3.05, 3.63) is 11.6 Å². The van der Waals surface area contributed by atoms with Gasteiger partial charge in [0.15, 0.2) is 0 Å². The topological polar surface area (TPSA) is 99.8 Å². The molecule has 1 aliphatic rings. The van der Waals surface area contributed by atoms with Crippen molar-refractivity contribution in [2.45, 2.75) is 38.6 Å². The summed E-state index contributed by atoms with van der Waals surface area (Å²) in [5.41, 5.74) is -0.184. The predicted octanol–water partition coefficient (Wildman–Crippen LogP) is -0.279. The molecule has 0 aliphatic carbocycles. The zero-order chi connectivity index (χ0) is 13.3. The molecule has 1 unspecified atom stereocenters. The van der Waals surface area contributed by atoms with Crippen LogP contribution in [0.1, 0.15) is 43.6 Å². The van der Waals surface area contributed by atoms with Crippen LogP contribution >= 0.6 is 0 Å². The molecular formula is C11H17N5O2. The molecule has 0 spiro atoms. The molecule has 3 N–H and O–H groups in total. The fourth-order valence-corrected chi connectivity index (χ4v) is 1.66. The number of amides is 2. The van der Waals surface area contributed by atoms with Gasteiger partial charge < -0.3 is 10.6 Å². The molecule has 1 aliphatic heterocycles. The highest BCUT2D eigenvalue weighted by Gasteiger charge is 2.26. The molecule has 0 bridgehead atoms. The van der Waals surface area contributed by atoms with E-state index < -0.39 is 0 Å². The molecule has 1 atom stereocenters. The van der Waals surface area contributed by atoms with E-state index in [4.69, 9.17) is 0 Å². The summed E-state index contributed by atoms with van der Waals surface area (Å²) in [7, 11) is 0. The molecule has 2 rings (SSSR count). The van der Waals surface area contributed by atoms with Crippen molar-refractivity contribution >= 4 is 11.8 Å². The van der Waals surface area contributed by atoms with E-state index in [-0.39, 0.29) is 29.1 Å². The summed E-state index contributed by atoms with van der Waals surface area (Å²) >= 11 is 0. The van der Waals surface area contributed by atoms with Gasteiger partial charge in [0.1, 0.15) is 5.82 Å². The van der Waals surface area contributed by atoms with E-state index in [2.05, 4.69) is 25.8 Å². The van der Waals surface area contributed by atoms with Gasteiger partial charge in [0.2, 0.25) is 11.7 Å². The van der Waals surface area contributed by atoms with Crippen LogP contribution in [0.3, 0.4) is 0 Å². The van der Waals surface area contributed by atoms with Crippen LogP contribution in [-0.2, 0) is 10.2 Å². The number of rotatable bonds is 2. The van der Waals surface area contributed by atoms with Gasteiger partial charge in [-0.05, 0) is 0 Å². The number of carbonyl (C=O) groups is 2. The van der Waals surface area contributed by atoms with Crippen molar-refractivity contribution in [2.24, 2.45) is 0 Å². The summed E-state index contributed by atoms with van der Waals surface area (Å²) in [5.74, 6) is 0.362. The summed E-state index contributed by atoms with van der Waals surface area (Å²) in [6.07, 6.45) is 0.308. The maximum Gasteiger partial charge on any atom is 0.291 e. The van der Waals surface area contributed by atoms with E-state index in [1.807, 2.05) is 20.8 Å². The molecule has 98 valence electrons. The maximum absolute atomic E-state index is 11.9. The SMILES string of the molecule is CC(C)(C)c1nc(C(=O)NC2CNC(=O)C2)n[nH]1. The Labute approximate surface area is 105 Å². The van der Waals surface area contributed by atoms with Crippen molar-refractivity contribution in [1.82, 2.24) is 25.8 Å². The number of carbonyl (C=O) groups excluding carboxylic acids is 2. The Bertz CT molecular complexity index is 474. The molecular weight excluding hydrogens is 234 g/mol. The Morgan fingerprint density at radius 3 is 2.67 bits per heavy atom. The van der Waals surface area contributed by atoms with Gasteiger partial charge in [0.05, 0.1) is 6.04 Å². The molecule has 1 aromatic heterocycles. The largest absolute Gasteiger partial charge is 0.354 e. The molecule has 7 heteroatoms. The van der Waals surface area contributed by atoms with E-state index in [0.29, 0.717) is 18.8 Å². The molecule has 1 aromatic rings. The minimum Gasteiger partial charge on any atom is -0.354 e. The van der Waals surface area contributed by atoms with Crippen molar-refractivity contribution < 1.29 is 9.59 Å². The third kappa shape index (κ3) is 2.66. The van der Waals surface area contributed by atoms with E-state index in [9.17, 15) is 9.59 Å². The van der Waals surface area contributed by atoms with Crippen LogP contribution in [-0.4, -0.2) is 39.6 Å². The Kier molecular flexibility index (Phi) is 3.06. The first-order valence-corrected chi connectivity index (χ1v) is 5.86. The monoisotopic (exact) mass is 251 g/mol. The zero-order valence-electron chi connectivity index (χ0n) is 10.7. The summed E-state index contributed by atoms with van der Waals surface area (Å²) in [6.45, 7) is 6.40. The van der Waals surface area contributed by atoms with Gasteiger partial charge in [-0.3, -0.25) is 14.7 Å². The number of nitrogens with zero attached hydrogens (tertiary/aromatic N) is 2. The lowest BCUT2D eigenvalue weighted by Gasteiger charge is -2.13. The second kappa shape index (κ2) is 4.40. The second-order valence-corrected chi connectivity index (χ2v) is 5.44. The average Bonchev–Trinajstić information content (AvgIpc) is 2.85. The Morgan fingerprint density at radius 2 is 2.17 bits per heavy atom. The molecule has 2 amide bonds. The number of H-pyrrole nitrogens is 1. The fourth-order valence-electron chi connectivity index (χ4n) is 1.66. The predicted molar refractivity (Wildman–Crippen MR) is 64.0 cm³/mol. The Morgan fingerprint density at radius 1 is 1.44 bits per heavy atom. The highest BCUT2D eigenvalue weighted by Crippen LogP contribution is 2.17. The second-order valence-electron chi connectivity index (χ2n) is 5.44. The third-order valence-electron chi connectivity index (χ3n) is 2.71. The third-order valence-corrected chi connectivity index (χ3v) is 2.71. The minimum atomic E-state index is -0.358. The number of aromatic nitrogens is 3. The number of nitrogens with one attached hydrogen (secondary N) is 3. The molecule has 1 fully saturated rings. The molecule has 2 heterocycles. The van der Waals surface area contributed by atoms with E-state index >= 15 is 0 Å². The molecule has 18 heavy (non-hydrogen) atoms. The summed E-state index contributed by atoms with van der Waals surface area (Å²) in [5, 5.41) is 12.0. The van der Waals surface area contributed by atoms with Gasteiger partial charge in [-0.25, -0.2) is 4.98 Å². The fraction of sp³-hybridized carbons (Fsp3) is 0.636. The molecule has 7 nitrogen and oxygen atoms in total. The number of hydrogen-bond acceptors (Lipinski definition) is 4. The van der Waals surface area contributed by atoms with Gasteiger partial charge in [-0.15, -0.1) is 5.10 Å². The first-order chi connectivity index (χ1) is 8.36. The van der Waals surface area contributed by atoms with Crippen molar-refractivity contribution in [3.8, 4) is 0 Å². The first kappa shape index (κ1) is 12.5. The van der Waals surface area contributed by atoms with Crippen LogP contribution in [0.4, 0.5) is 0 Å². The lowest BCUT2D eigenvalue weighted by Crippen LogP contribution is -2.36. The van der Waals surface area contributed by atoms with Gasteiger partial charge in [-0.1, -0.05) is 20.8 Å². The van der Waals surface area contributed by atoms with Crippen LogP contribution < -0.4 is 10.6 Å². The average molecular weight is 251 g/mol. The van der Waals surface area contributed by atoms with Crippen LogP contribution in [0.15, 0.2) is 0 Å². The lowest BCUT2D eigenvalue weighted by molar-refractivity contribution is -0.119. The van der Waals surface area contributed by atoms with E-state index in [1.54, 1.807) is 0 Å². The number of aromatic amines is 1. The van der Waals surface area contributed by atoms with Crippen LogP contribution in [0.5, 0.6) is 0 Å². The van der Waals surface area contributed by atoms with Gasteiger partial charge in [-0.2, -0.15) is 0 Å². The van der Waals surface area contributed by atoms with Crippen molar-refractivity contribution in [1.29, 1.82) is 0 Å². The van der Waals surface area contributed by atoms with Gasteiger partial charge >= 0.3 is 0 Å². The molecule has 1 saturated heterocycles. The van der Waals surface area contributed by atoms with Gasteiger partial charge in [0, 0.05) is 18.4 Å². The van der Waals surface area contributed by atoms with Crippen molar-refractivity contribution in [2.75, 3.05) is 6.54 Å². The number of hydrogen-bond donors (Lipinski definition) is 3. The maximum atomic E-state index is 11.9. The quantitative estimate of drug-likeness (QED) is 0.673. The zero-order valence-corrected chi connectivity index (χ0v) is 10.7. The molecule has 0 radical (unpaired) electrons. The summed E-state index contributed by atoms with van der Waals surface area (Å²) < 4.78 is 0. The highest BCUT2D eigenvalue weighted by atomic mass is 16.2. The van der Waals surface area contributed by atoms with Crippen LogP contribution in [0, 0.1) is 0 Å². The standard InChI is InChI=1S/C11H17N5O2/c1-11(2,3)10-14-8(15-16-10)9(18)13-6-4-7(17)12-5-6/h6H,4-5H2,1-3H3,(H,12,17)(H,13,18)(H,14,15,16). The summed E-state index contributed by atoms with van der Waals surface area (Å²) in [4.78, 5) is 27.0. The minimum absolute atomic E-state index is 0.0503. The van der Waals surface area contributed by atoms with E-state index in [1.165, 1.54) is 0 Å². The first-order valence-electron chi connectivity index (χ1n) is 5.86. The normalized spacial score (nSPS) is 19.7. The van der Waals surface area contributed by atoms with Crippen LogP contribution in [0.2, 0.25) is 0 Å². The molecule has 0 aromatic carbocycles. The van der Waals surface area contributed by atoms with Crippen molar-refractivity contribution in [3.63, 3.8) is 0 Å². The molecule has 0 saturated carbocycles. The van der Waals surface area contributed by atoms with Gasteiger partial charge in [0.25, 0.3) is 5.91 Å². The van der Waals surface area contributed by atoms with Crippen LogP contribution in [0.25, 0.3) is 0 Å². The highest BCUT2D eigenvalue weighted by molar-refractivity contribution is 5.91. The van der Waals surface area contributed by atoms with E-state index in [0.717, 1.165) is 0 Å². The smallest absolute Gasteiger partial charge is 0.291 e. The Balaban J connectivity index is 2.01. The lowest BCUT2D eigenvalue weighted by atomic mass is 9.96. The Hall–Kier alpha value is -1.92.